The van der Waals surface area contributed by atoms with E-state index >= 15 is 0 Å². The van der Waals surface area contributed by atoms with E-state index in [-0.39, 0.29) is 11.7 Å². The molecule has 0 aliphatic rings. The Morgan fingerprint density at radius 1 is 1.00 bits per heavy atom. The molecule has 0 spiro atoms. The number of nitrogens with one attached hydrogen (secondary N) is 2. The standard InChI is InChI=1S/C17H13IN2O3/c1-10-13-7-2-3-8-14(13)23-15(10)17(22)20-19-16(21)11-5-4-6-12(18)9-11/h2-9H,1H3,(H,19,21)(H,20,22). The molecule has 1 heterocycles. The fourth-order valence-corrected chi connectivity index (χ4v) is 2.81. The second kappa shape index (κ2) is 6.41. The number of rotatable bonds is 2. The minimum atomic E-state index is -0.488. The van der Waals surface area contributed by atoms with Crippen molar-refractivity contribution in [2.24, 2.45) is 0 Å². The number of hydrogen-bond acceptors (Lipinski definition) is 3. The van der Waals surface area contributed by atoms with Crippen LogP contribution in [0.3, 0.4) is 0 Å². The number of hydrazine groups is 1. The summed E-state index contributed by atoms with van der Waals surface area (Å²) in [6, 6.07) is 14.5. The van der Waals surface area contributed by atoms with Crippen LogP contribution in [0.15, 0.2) is 52.9 Å². The zero-order valence-electron chi connectivity index (χ0n) is 12.2. The monoisotopic (exact) mass is 420 g/mol. The SMILES string of the molecule is Cc1c(C(=O)NNC(=O)c2cccc(I)c2)oc2ccccc12. The Morgan fingerprint density at radius 3 is 2.48 bits per heavy atom. The van der Waals surface area contributed by atoms with Crippen LogP contribution in [0.2, 0.25) is 0 Å². The molecule has 0 aliphatic carbocycles. The first kappa shape index (κ1) is 15.5. The zero-order chi connectivity index (χ0) is 16.4. The fraction of sp³-hybridized carbons (Fsp3) is 0.0588. The lowest BCUT2D eigenvalue weighted by molar-refractivity contribution is 0.0831. The molecule has 0 atom stereocenters. The van der Waals surface area contributed by atoms with Crippen LogP contribution < -0.4 is 10.9 Å². The topological polar surface area (TPSA) is 71.3 Å². The largest absolute Gasteiger partial charge is 0.451 e. The molecule has 2 amide bonds. The number of hydrogen-bond donors (Lipinski definition) is 2. The van der Waals surface area contributed by atoms with E-state index in [0.29, 0.717) is 11.1 Å². The van der Waals surface area contributed by atoms with Gasteiger partial charge in [-0.25, -0.2) is 0 Å². The van der Waals surface area contributed by atoms with Crippen molar-refractivity contribution in [2.75, 3.05) is 0 Å². The number of halogens is 1. The summed E-state index contributed by atoms with van der Waals surface area (Å²) in [5.41, 5.74) is 6.62. The van der Waals surface area contributed by atoms with Gasteiger partial charge in [0, 0.05) is 20.1 Å². The van der Waals surface area contributed by atoms with Gasteiger partial charge in [-0.15, -0.1) is 0 Å². The van der Waals surface area contributed by atoms with Gasteiger partial charge in [-0.2, -0.15) is 0 Å². The number of furan rings is 1. The van der Waals surface area contributed by atoms with Gasteiger partial charge in [0.1, 0.15) is 5.58 Å². The Bertz CT molecular complexity index is 902. The lowest BCUT2D eigenvalue weighted by Gasteiger charge is -2.06. The van der Waals surface area contributed by atoms with E-state index < -0.39 is 5.91 Å². The highest BCUT2D eigenvalue weighted by Gasteiger charge is 2.18. The molecular weight excluding hydrogens is 407 g/mol. The molecule has 23 heavy (non-hydrogen) atoms. The van der Waals surface area contributed by atoms with Crippen LogP contribution in [0.5, 0.6) is 0 Å². The molecule has 1 aromatic heterocycles. The van der Waals surface area contributed by atoms with Gasteiger partial charge in [0.2, 0.25) is 0 Å². The van der Waals surface area contributed by atoms with E-state index in [1.807, 2.05) is 31.2 Å². The van der Waals surface area contributed by atoms with Crippen LogP contribution >= 0.6 is 22.6 Å². The van der Waals surface area contributed by atoms with E-state index in [9.17, 15) is 9.59 Å². The summed E-state index contributed by atoms with van der Waals surface area (Å²) in [5, 5.41) is 0.876. The number of benzene rings is 2. The van der Waals surface area contributed by atoms with Gasteiger partial charge in [-0.3, -0.25) is 20.4 Å². The predicted octanol–water partition coefficient (Wildman–Crippen LogP) is 3.42. The van der Waals surface area contributed by atoms with Gasteiger partial charge in [0.15, 0.2) is 5.76 Å². The molecule has 2 aromatic carbocycles. The summed E-state index contributed by atoms with van der Waals surface area (Å²) >= 11 is 2.12. The van der Waals surface area contributed by atoms with E-state index in [1.54, 1.807) is 24.3 Å². The molecule has 0 radical (unpaired) electrons. The van der Waals surface area contributed by atoms with Crippen molar-refractivity contribution < 1.29 is 14.0 Å². The van der Waals surface area contributed by atoms with Crippen LogP contribution in [-0.2, 0) is 0 Å². The van der Waals surface area contributed by atoms with Gasteiger partial charge < -0.3 is 4.42 Å². The van der Waals surface area contributed by atoms with Crippen molar-refractivity contribution in [3.63, 3.8) is 0 Å². The average molecular weight is 420 g/mol. The Hall–Kier alpha value is -2.35. The predicted molar refractivity (Wildman–Crippen MR) is 95.0 cm³/mol. The summed E-state index contributed by atoms with van der Waals surface area (Å²) in [5.74, 6) is -0.683. The van der Waals surface area contributed by atoms with Gasteiger partial charge in [0.25, 0.3) is 5.91 Å². The lowest BCUT2D eigenvalue weighted by Crippen LogP contribution is -2.41. The smallest absolute Gasteiger partial charge is 0.305 e. The van der Waals surface area contributed by atoms with Crippen LogP contribution in [0.25, 0.3) is 11.0 Å². The molecule has 0 saturated heterocycles. The van der Waals surface area contributed by atoms with E-state index in [0.717, 1.165) is 14.5 Å². The van der Waals surface area contributed by atoms with E-state index in [1.165, 1.54) is 0 Å². The lowest BCUT2D eigenvalue weighted by atomic mass is 10.1. The van der Waals surface area contributed by atoms with Crippen molar-refractivity contribution in [3.05, 3.63) is 69.0 Å². The zero-order valence-corrected chi connectivity index (χ0v) is 14.4. The first-order chi connectivity index (χ1) is 11.1. The maximum atomic E-state index is 12.2. The quantitative estimate of drug-likeness (QED) is 0.493. The molecule has 2 N–H and O–H groups in total. The van der Waals surface area contributed by atoms with Crippen LogP contribution in [0, 0.1) is 10.5 Å². The minimum absolute atomic E-state index is 0.189. The third-order valence-corrected chi connectivity index (χ3v) is 4.10. The number of para-hydroxylation sites is 1. The summed E-state index contributed by atoms with van der Waals surface area (Å²) in [6.07, 6.45) is 0. The molecule has 3 aromatic rings. The molecule has 0 aliphatic heterocycles. The normalized spacial score (nSPS) is 10.5. The summed E-state index contributed by atoms with van der Waals surface area (Å²) < 4.78 is 6.49. The van der Waals surface area contributed by atoms with Crippen LogP contribution in [0.1, 0.15) is 26.5 Å². The van der Waals surface area contributed by atoms with Crippen molar-refractivity contribution in [1.29, 1.82) is 0 Å². The molecule has 0 fully saturated rings. The molecular formula is C17H13IN2O3. The van der Waals surface area contributed by atoms with Crippen molar-refractivity contribution in [1.82, 2.24) is 10.9 Å². The first-order valence-corrected chi connectivity index (χ1v) is 7.98. The second-order valence-corrected chi connectivity index (χ2v) is 6.22. The highest BCUT2D eigenvalue weighted by Crippen LogP contribution is 2.24. The van der Waals surface area contributed by atoms with Gasteiger partial charge in [-0.05, 0) is 53.8 Å². The molecule has 116 valence electrons. The summed E-state index contributed by atoms with van der Waals surface area (Å²) in [6.45, 7) is 1.81. The molecule has 0 unspecified atom stereocenters. The molecule has 0 bridgehead atoms. The number of carbonyl (C=O) groups is 2. The number of carbonyl (C=O) groups excluding carboxylic acids is 2. The fourth-order valence-electron chi connectivity index (χ4n) is 2.26. The molecule has 6 heteroatoms. The maximum absolute atomic E-state index is 12.2. The van der Waals surface area contributed by atoms with Crippen LogP contribution in [0.4, 0.5) is 0 Å². The maximum Gasteiger partial charge on any atom is 0.305 e. The number of amides is 2. The number of aryl methyl sites for hydroxylation is 1. The summed E-state index contributed by atoms with van der Waals surface area (Å²) in [7, 11) is 0. The minimum Gasteiger partial charge on any atom is -0.451 e. The molecule has 0 saturated carbocycles. The van der Waals surface area contributed by atoms with Gasteiger partial charge >= 0.3 is 5.91 Å². The van der Waals surface area contributed by atoms with E-state index in [4.69, 9.17) is 4.42 Å². The Labute approximate surface area is 146 Å². The Morgan fingerprint density at radius 2 is 1.74 bits per heavy atom. The van der Waals surface area contributed by atoms with Gasteiger partial charge in [-0.1, -0.05) is 24.3 Å². The van der Waals surface area contributed by atoms with Crippen molar-refractivity contribution >= 4 is 45.4 Å². The van der Waals surface area contributed by atoms with Crippen molar-refractivity contribution in [3.8, 4) is 0 Å². The van der Waals surface area contributed by atoms with Gasteiger partial charge in [0.05, 0.1) is 0 Å². The molecule has 5 nitrogen and oxygen atoms in total. The molecule has 3 rings (SSSR count). The summed E-state index contributed by atoms with van der Waals surface area (Å²) in [4.78, 5) is 24.2. The Balaban J connectivity index is 1.74. The first-order valence-electron chi connectivity index (χ1n) is 6.90. The number of fused-ring (bicyclic) bond motifs is 1. The highest BCUT2D eigenvalue weighted by atomic mass is 127. The third kappa shape index (κ3) is 3.21. The third-order valence-electron chi connectivity index (χ3n) is 3.43. The Kier molecular flexibility index (Phi) is 4.33. The average Bonchev–Trinajstić information content (AvgIpc) is 2.90. The van der Waals surface area contributed by atoms with Crippen molar-refractivity contribution in [2.45, 2.75) is 6.92 Å². The van der Waals surface area contributed by atoms with Crippen LogP contribution in [-0.4, -0.2) is 11.8 Å². The highest BCUT2D eigenvalue weighted by molar-refractivity contribution is 14.1. The van der Waals surface area contributed by atoms with E-state index in [2.05, 4.69) is 33.4 Å². The second-order valence-electron chi connectivity index (χ2n) is 4.97.